The van der Waals surface area contributed by atoms with Crippen LogP contribution in [0, 0.1) is 6.92 Å². The van der Waals surface area contributed by atoms with E-state index in [9.17, 15) is 0 Å². The number of nitrogens with zero attached hydrogens (tertiary/aromatic N) is 5. The molecule has 30 heavy (non-hydrogen) atoms. The van der Waals surface area contributed by atoms with Crippen LogP contribution < -0.4 is 5.32 Å². The summed E-state index contributed by atoms with van der Waals surface area (Å²) in [4.78, 5) is 9.50. The van der Waals surface area contributed by atoms with Gasteiger partial charge >= 0.3 is 0 Å². The minimum atomic E-state index is 0.624. The van der Waals surface area contributed by atoms with Crippen LogP contribution in [-0.4, -0.2) is 84.6 Å². The van der Waals surface area contributed by atoms with Crippen molar-refractivity contribution in [1.82, 2.24) is 24.9 Å². The molecule has 162 valence electrons. The third-order valence-corrected chi connectivity index (χ3v) is 6.16. The van der Waals surface area contributed by atoms with Crippen molar-refractivity contribution in [3.63, 3.8) is 0 Å². The number of nitrogens with one attached hydrogen (secondary N) is 1. The zero-order chi connectivity index (χ0) is 20.8. The molecule has 7 nitrogen and oxygen atoms in total. The molecule has 2 fully saturated rings. The van der Waals surface area contributed by atoms with E-state index in [1.165, 1.54) is 12.0 Å². The van der Waals surface area contributed by atoms with Crippen LogP contribution in [0.4, 0.5) is 0 Å². The Labute approximate surface area is 179 Å². The molecule has 1 N–H and O–H groups in total. The lowest BCUT2D eigenvalue weighted by Gasteiger charge is -2.32. The number of aromatic nitrogens is 2. The van der Waals surface area contributed by atoms with Crippen LogP contribution in [0.2, 0.25) is 0 Å². The summed E-state index contributed by atoms with van der Waals surface area (Å²) in [6.45, 7) is 8.99. The first-order valence-corrected chi connectivity index (χ1v) is 11.1. The monoisotopic (exact) mass is 410 g/mol. The van der Waals surface area contributed by atoms with E-state index in [1.807, 2.05) is 29.9 Å². The van der Waals surface area contributed by atoms with E-state index >= 15 is 0 Å². The molecule has 0 spiro atoms. The van der Waals surface area contributed by atoms with Gasteiger partial charge in [0.2, 0.25) is 0 Å². The van der Waals surface area contributed by atoms with Gasteiger partial charge in [-0.2, -0.15) is 5.10 Å². The SMILES string of the molecule is CN=C(NCCCc1cn(-c2ccccc2)nc1C)N1CCC(N2CCOCC2)C1. The van der Waals surface area contributed by atoms with Crippen molar-refractivity contribution in [2.24, 2.45) is 4.99 Å². The van der Waals surface area contributed by atoms with Gasteiger partial charge in [0, 0.05) is 52.0 Å². The Morgan fingerprint density at radius 3 is 2.77 bits per heavy atom. The van der Waals surface area contributed by atoms with Crippen LogP contribution in [0.3, 0.4) is 0 Å². The van der Waals surface area contributed by atoms with Gasteiger partial charge in [-0.25, -0.2) is 4.68 Å². The predicted molar refractivity (Wildman–Crippen MR) is 120 cm³/mol. The highest BCUT2D eigenvalue weighted by molar-refractivity contribution is 5.80. The number of aliphatic imine (C=N–C) groups is 1. The Kier molecular flexibility index (Phi) is 7.02. The summed E-state index contributed by atoms with van der Waals surface area (Å²) >= 11 is 0. The van der Waals surface area contributed by atoms with E-state index in [-0.39, 0.29) is 0 Å². The van der Waals surface area contributed by atoms with Gasteiger partial charge in [-0.1, -0.05) is 18.2 Å². The molecule has 7 heteroatoms. The summed E-state index contributed by atoms with van der Waals surface area (Å²) in [6.07, 6.45) is 5.44. The summed E-state index contributed by atoms with van der Waals surface area (Å²) in [5.74, 6) is 1.03. The molecule has 2 aromatic rings. The molecular formula is C23H34N6O. The van der Waals surface area contributed by atoms with Gasteiger partial charge in [0.15, 0.2) is 5.96 Å². The standard InChI is InChI=1S/C23H34N6O/c1-19-20(17-29(26-19)21-8-4-3-5-9-21)7-6-11-25-23(24-2)28-12-10-22(18-28)27-13-15-30-16-14-27/h3-5,8-9,17,22H,6-7,10-16,18H2,1-2H3,(H,24,25). The molecule has 0 amide bonds. The number of guanidine groups is 1. The molecule has 3 heterocycles. The molecule has 2 aliphatic heterocycles. The highest BCUT2D eigenvalue weighted by Gasteiger charge is 2.30. The number of morpholine rings is 1. The van der Waals surface area contributed by atoms with Crippen LogP contribution in [0.1, 0.15) is 24.1 Å². The Morgan fingerprint density at radius 1 is 1.20 bits per heavy atom. The van der Waals surface area contributed by atoms with Crippen molar-refractivity contribution >= 4 is 5.96 Å². The van der Waals surface area contributed by atoms with Crippen LogP contribution >= 0.6 is 0 Å². The van der Waals surface area contributed by atoms with Crippen molar-refractivity contribution in [2.75, 3.05) is 53.0 Å². The number of hydrogen-bond donors (Lipinski definition) is 1. The predicted octanol–water partition coefficient (Wildman–Crippen LogP) is 2.10. The molecule has 1 atom stereocenters. The van der Waals surface area contributed by atoms with Gasteiger partial charge < -0.3 is 15.0 Å². The van der Waals surface area contributed by atoms with Gasteiger partial charge in [-0.3, -0.25) is 9.89 Å². The maximum atomic E-state index is 5.49. The first-order chi connectivity index (χ1) is 14.7. The number of benzene rings is 1. The maximum absolute atomic E-state index is 5.49. The van der Waals surface area contributed by atoms with Crippen LogP contribution in [0.15, 0.2) is 41.5 Å². The first kappa shape index (κ1) is 20.9. The van der Waals surface area contributed by atoms with Gasteiger partial charge in [0.05, 0.1) is 24.6 Å². The first-order valence-electron chi connectivity index (χ1n) is 11.1. The van der Waals surface area contributed by atoms with E-state index in [4.69, 9.17) is 4.74 Å². The van der Waals surface area contributed by atoms with Crippen LogP contribution in [-0.2, 0) is 11.2 Å². The number of aryl methyl sites for hydroxylation is 2. The summed E-state index contributed by atoms with van der Waals surface area (Å²) in [7, 11) is 1.89. The molecule has 0 bridgehead atoms. The normalized spacial score (nSPS) is 20.7. The Morgan fingerprint density at radius 2 is 2.00 bits per heavy atom. The lowest BCUT2D eigenvalue weighted by Crippen LogP contribution is -2.46. The van der Waals surface area contributed by atoms with E-state index < -0.39 is 0 Å². The topological polar surface area (TPSA) is 57.9 Å². The molecule has 4 rings (SSSR count). The minimum Gasteiger partial charge on any atom is -0.379 e. The second kappa shape index (κ2) is 10.1. The fourth-order valence-electron chi connectivity index (χ4n) is 4.44. The highest BCUT2D eigenvalue weighted by Crippen LogP contribution is 2.17. The summed E-state index contributed by atoms with van der Waals surface area (Å²) in [6, 6.07) is 10.9. The molecule has 0 saturated carbocycles. The van der Waals surface area contributed by atoms with Gasteiger partial charge in [0.1, 0.15) is 0 Å². The van der Waals surface area contributed by atoms with Crippen molar-refractivity contribution < 1.29 is 4.74 Å². The molecule has 0 radical (unpaired) electrons. The Hall–Kier alpha value is -2.38. The lowest BCUT2D eigenvalue weighted by atomic mass is 10.1. The average molecular weight is 411 g/mol. The average Bonchev–Trinajstić information content (AvgIpc) is 3.42. The lowest BCUT2D eigenvalue weighted by molar-refractivity contribution is 0.0195. The second-order valence-corrected chi connectivity index (χ2v) is 8.13. The third kappa shape index (κ3) is 5.02. The van der Waals surface area contributed by atoms with E-state index in [0.29, 0.717) is 6.04 Å². The van der Waals surface area contributed by atoms with Crippen molar-refractivity contribution in [3.8, 4) is 5.69 Å². The van der Waals surface area contributed by atoms with E-state index in [0.717, 1.165) is 76.1 Å². The fourth-order valence-corrected chi connectivity index (χ4v) is 4.44. The summed E-state index contributed by atoms with van der Waals surface area (Å²) in [5, 5.41) is 8.25. The molecule has 2 saturated heterocycles. The number of rotatable bonds is 6. The fraction of sp³-hybridized carbons (Fsp3) is 0.565. The molecule has 2 aliphatic rings. The molecule has 1 unspecified atom stereocenters. The zero-order valence-corrected chi connectivity index (χ0v) is 18.3. The smallest absolute Gasteiger partial charge is 0.193 e. The molecular weight excluding hydrogens is 376 g/mol. The number of para-hydroxylation sites is 1. The van der Waals surface area contributed by atoms with Crippen LogP contribution in [0.5, 0.6) is 0 Å². The minimum absolute atomic E-state index is 0.624. The summed E-state index contributed by atoms with van der Waals surface area (Å²) in [5.41, 5.74) is 3.52. The Balaban J connectivity index is 1.23. The van der Waals surface area contributed by atoms with Crippen molar-refractivity contribution in [3.05, 3.63) is 47.8 Å². The third-order valence-electron chi connectivity index (χ3n) is 6.16. The summed E-state index contributed by atoms with van der Waals surface area (Å²) < 4.78 is 7.47. The molecule has 1 aromatic carbocycles. The van der Waals surface area contributed by atoms with E-state index in [2.05, 4.69) is 50.5 Å². The second-order valence-electron chi connectivity index (χ2n) is 8.13. The number of ether oxygens (including phenoxy) is 1. The van der Waals surface area contributed by atoms with Crippen LogP contribution in [0.25, 0.3) is 5.69 Å². The zero-order valence-electron chi connectivity index (χ0n) is 18.3. The molecule has 0 aliphatic carbocycles. The van der Waals surface area contributed by atoms with Gasteiger partial charge in [-0.05, 0) is 43.9 Å². The number of likely N-dealkylation sites (tertiary alicyclic amines) is 1. The Bertz CT molecular complexity index is 827. The quantitative estimate of drug-likeness (QED) is 0.449. The maximum Gasteiger partial charge on any atom is 0.193 e. The largest absolute Gasteiger partial charge is 0.379 e. The highest BCUT2D eigenvalue weighted by atomic mass is 16.5. The van der Waals surface area contributed by atoms with Gasteiger partial charge in [0.25, 0.3) is 0 Å². The van der Waals surface area contributed by atoms with Crippen molar-refractivity contribution in [1.29, 1.82) is 0 Å². The van der Waals surface area contributed by atoms with E-state index in [1.54, 1.807) is 0 Å². The molecule has 1 aromatic heterocycles. The van der Waals surface area contributed by atoms with Crippen molar-refractivity contribution in [2.45, 2.75) is 32.2 Å². The van der Waals surface area contributed by atoms with Gasteiger partial charge in [-0.15, -0.1) is 0 Å². The number of hydrogen-bond acceptors (Lipinski definition) is 4.